The minimum Gasteiger partial charge on any atom is -0.490 e. The first kappa shape index (κ1) is 22.7. The van der Waals surface area contributed by atoms with Crippen molar-refractivity contribution in [2.24, 2.45) is 5.92 Å². The van der Waals surface area contributed by atoms with Crippen molar-refractivity contribution in [3.05, 3.63) is 42.0 Å². The molecule has 1 aliphatic carbocycles. The molecule has 0 spiro atoms. The first-order valence-corrected chi connectivity index (χ1v) is 12.0. The predicted molar refractivity (Wildman–Crippen MR) is 121 cm³/mol. The third kappa shape index (κ3) is 7.37. The van der Waals surface area contributed by atoms with Gasteiger partial charge in [0, 0.05) is 18.0 Å². The van der Waals surface area contributed by atoms with Crippen molar-refractivity contribution in [1.29, 1.82) is 0 Å². The zero-order valence-corrected chi connectivity index (χ0v) is 18.5. The molecule has 0 radical (unpaired) electrons. The highest BCUT2D eigenvalue weighted by molar-refractivity contribution is 5.56. The molecule has 4 heteroatoms. The van der Waals surface area contributed by atoms with Crippen molar-refractivity contribution >= 4 is 0 Å². The van der Waals surface area contributed by atoms with E-state index in [1.165, 1.54) is 83.1 Å². The number of halogens is 1. The molecule has 0 amide bonds. The highest BCUT2D eigenvalue weighted by Crippen LogP contribution is 2.27. The molecule has 0 N–H and O–H groups in total. The second-order valence-corrected chi connectivity index (χ2v) is 8.75. The van der Waals surface area contributed by atoms with Gasteiger partial charge in [-0.1, -0.05) is 64.7 Å². The van der Waals surface area contributed by atoms with Gasteiger partial charge in [0.25, 0.3) is 0 Å². The number of aromatic nitrogens is 2. The summed E-state index contributed by atoms with van der Waals surface area (Å²) in [7, 11) is 0. The predicted octanol–water partition coefficient (Wildman–Crippen LogP) is 7.53. The quantitative estimate of drug-likeness (QED) is 0.338. The average Bonchev–Trinajstić information content (AvgIpc) is 2.79. The van der Waals surface area contributed by atoms with Crippen LogP contribution in [0.25, 0.3) is 11.4 Å². The van der Waals surface area contributed by atoms with E-state index in [1.807, 2.05) is 18.5 Å². The van der Waals surface area contributed by atoms with E-state index in [0.717, 1.165) is 12.0 Å². The summed E-state index contributed by atoms with van der Waals surface area (Å²) >= 11 is 0. The van der Waals surface area contributed by atoms with Gasteiger partial charge in [0.1, 0.15) is 0 Å². The number of unbranched alkanes of at least 4 members (excludes halogenated alkanes) is 6. The molecule has 0 aliphatic heterocycles. The van der Waals surface area contributed by atoms with Crippen LogP contribution in [0.2, 0.25) is 0 Å². The largest absolute Gasteiger partial charge is 0.490 e. The smallest absolute Gasteiger partial charge is 0.165 e. The van der Waals surface area contributed by atoms with Crippen molar-refractivity contribution in [2.75, 3.05) is 6.61 Å². The van der Waals surface area contributed by atoms with Crippen LogP contribution in [0, 0.1) is 11.7 Å². The van der Waals surface area contributed by atoms with Crippen LogP contribution in [-0.4, -0.2) is 16.6 Å². The minimum absolute atomic E-state index is 0.333. The molecule has 0 unspecified atom stereocenters. The maximum atomic E-state index is 14.5. The Kier molecular flexibility index (Phi) is 9.59. The third-order valence-electron chi connectivity index (χ3n) is 6.16. The summed E-state index contributed by atoms with van der Waals surface area (Å²) in [5.41, 5.74) is 1.85. The second kappa shape index (κ2) is 12.7. The molecule has 1 aliphatic rings. The molecule has 1 aromatic carbocycles. The third-order valence-corrected chi connectivity index (χ3v) is 6.16. The number of aryl methyl sites for hydroxylation is 1. The van der Waals surface area contributed by atoms with E-state index in [2.05, 4.69) is 16.9 Å². The van der Waals surface area contributed by atoms with Crippen molar-refractivity contribution in [1.82, 2.24) is 9.97 Å². The SMILES string of the molecule is CCCCCCCCCc1cnc(-c2ccc(OCC3CCCCC3)c(F)c2)nc1. The van der Waals surface area contributed by atoms with Crippen LogP contribution in [0.1, 0.15) is 89.5 Å². The van der Waals surface area contributed by atoms with Gasteiger partial charge in [-0.05, 0) is 55.4 Å². The number of ether oxygens (including phenoxy) is 1. The Labute approximate surface area is 181 Å². The number of hydrogen-bond acceptors (Lipinski definition) is 3. The Balaban J connectivity index is 1.45. The Hall–Kier alpha value is -1.97. The van der Waals surface area contributed by atoms with Crippen LogP contribution in [0.5, 0.6) is 5.75 Å². The van der Waals surface area contributed by atoms with Gasteiger partial charge in [-0.3, -0.25) is 0 Å². The molecule has 3 nitrogen and oxygen atoms in total. The van der Waals surface area contributed by atoms with Gasteiger partial charge in [-0.2, -0.15) is 0 Å². The fraction of sp³-hybridized carbons (Fsp3) is 0.615. The maximum absolute atomic E-state index is 14.5. The molecule has 0 saturated heterocycles. The number of nitrogens with zero attached hydrogens (tertiary/aromatic N) is 2. The average molecular weight is 413 g/mol. The van der Waals surface area contributed by atoms with E-state index < -0.39 is 0 Å². The molecular formula is C26H37FN2O. The van der Waals surface area contributed by atoms with Crippen molar-refractivity contribution in [2.45, 2.75) is 90.4 Å². The van der Waals surface area contributed by atoms with E-state index in [-0.39, 0.29) is 5.82 Å². The van der Waals surface area contributed by atoms with E-state index in [4.69, 9.17) is 4.74 Å². The Morgan fingerprint density at radius 2 is 1.63 bits per heavy atom. The fourth-order valence-corrected chi connectivity index (χ4v) is 4.24. The highest BCUT2D eigenvalue weighted by atomic mass is 19.1. The zero-order chi connectivity index (χ0) is 21.0. The normalized spacial score (nSPS) is 14.7. The molecule has 3 rings (SSSR count). The van der Waals surface area contributed by atoms with E-state index >= 15 is 0 Å². The highest BCUT2D eigenvalue weighted by Gasteiger charge is 2.15. The lowest BCUT2D eigenvalue weighted by molar-refractivity contribution is 0.202. The summed E-state index contributed by atoms with van der Waals surface area (Å²) in [6.45, 7) is 2.86. The van der Waals surface area contributed by atoms with Crippen molar-refractivity contribution < 1.29 is 9.13 Å². The van der Waals surface area contributed by atoms with Gasteiger partial charge < -0.3 is 4.74 Å². The summed E-state index contributed by atoms with van der Waals surface area (Å²) in [6.07, 6.45) is 20.1. The van der Waals surface area contributed by atoms with Gasteiger partial charge >= 0.3 is 0 Å². The van der Waals surface area contributed by atoms with Gasteiger partial charge in [0.2, 0.25) is 0 Å². The lowest BCUT2D eigenvalue weighted by Gasteiger charge is -2.21. The molecule has 1 fully saturated rings. The van der Waals surface area contributed by atoms with Crippen LogP contribution >= 0.6 is 0 Å². The first-order chi connectivity index (χ1) is 14.8. The standard InChI is InChI=1S/C26H37FN2O/c1-2-3-4-5-6-7-9-14-22-18-28-26(29-19-22)23-15-16-25(24(27)17-23)30-20-21-12-10-8-11-13-21/h15-19,21H,2-14,20H2,1H3. The topological polar surface area (TPSA) is 35.0 Å². The van der Waals surface area contributed by atoms with Crippen molar-refractivity contribution in [3.63, 3.8) is 0 Å². The van der Waals surface area contributed by atoms with Gasteiger partial charge in [0.15, 0.2) is 17.4 Å². The van der Waals surface area contributed by atoms with Gasteiger partial charge in [0.05, 0.1) is 6.61 Å². The molecule has 1 saturated carbocycles. The van der Waals surface area contributed by atoms with Crippen LogP contribution in [0.15, 0.2) is 30.6 Å². The molecule has 0 atom stereocenters. The summed E-state index contributed by atoms with van der Waals surface area (Å²) in [5, 5.41) is 0. The van der Waals surface area contributed by atoms with Crippen LogP contribution in [0.4, 0.5) is 4.39 Å². The van der Waals surface area contributed by atoms with Gasteiger partial charge in [-0.25, -0.2) is 14.4 Å². The molecule has 30 heavy (non-hydrogen) atoms. The number of rotatable bonds is 12. The van der Waals surface area contributed by atoms with Crippen LogP contribution in [-0.2, 0) is 6.42 Å². The van der Waals surface area contributed by atoms with E-state index in [1.54, 1.807) is 6.07 Å². The number of hydrogen-bond donors (Lipinski definition) is 0. The monoisotopic (exact) mass is 412 g/mol. The summed E-state index contributed by atoms with van der Waals surface area (Å²) < 4.78 is 20.3. The molecule has 2 aromatic rings. The maximum Gasteiger partial charge on any atom is 0.165 e. The van der Waals surface area contributed by atoms with Crippen LogP contribution < -0.4 is 4.74 Å². The molecular weight excluding hydrogens is 375 g/mol. The van der Waals surface area contributed by atoms with Gasteiger partial charge in [-0.15, -0.1) is 0 Å². The molecule has 1 heterocycles. The lowest BCUT2D eigenvalue weighted by atomic mass is 9.90. The minimum atomic E-state index is -0.334. The van der Waals surface area contributed by atoms with E-state index in [9.17, 15) is 4.39 Å². The lowest BCUT2D eigenvalue weighted by Crippen LogP contribution is -2.15. The Morgan fingerprint density at radius 3 is 2.33 bits per heavy atom. The molecule has 0 bridgehead atoms. The molecule has 164 valence electrons. The zero-order valence-electron chi connectivity index (χ0n) is 18.5. The summed E-state index contributed by atoms with van der Waals surface area (Å²) in [5.74, 6) is 1.13. The summed E-state index contributed by atoms with van der Waals surface area (Å²) in [4.78, 5) is 8.92. The van der Waals surface area contributed by atoms with Crippen molar-refractivity contribution in [3.8, 4) is 17.1 Å². The molecule has 1 aromatic heterocycles. The first-order valence-electron chi connectivity index (χ1n) is 12.0. The Morgan fingerprint density at radius 1 is 0.933 bits per heavy atom. The fourth-order valence-electron chi connectivity index (χ4n) is 4.24. The summed E-state index contributed by atoms with van der Waals surface area (Å²) in [6, 6.07) is 5.05. The van der Waals surface area contributed by atoms with Crippen LogP contribution in [0.3, 0.4) is 0 Å². The Bertz CT molecular complexity index is 741. The van der Waals surface area contributed by atoms with E-state index in [0.29, 0.717) is 29.7 Å². The second-order valence-electron chi connectivity index (χ2n) is 8.75. The number of benzene rings is 1.